The van der Waals surface area contributed by atoms with E-state index in [1.807, 2.05) is 12.2 Å². The van der Waals surface area contributed by atoms with Crippen LogP contribution in [0, 0.1) is 28.6 Å². The Kier molecular flexibility index (Phi) is 18.0. The molecule has 2 aliphatic carbocycles. The predicted molar refractivity (Wildman–Crippen MR) is 194 cm³/mol. The molecule has 0 aromatic carbocycles. The lowest BCUT2D eigenvalue weighted by molar-refractivity contribution is -0.137. The van der Waals surface area contributed by atoms with Gasteiger partial charge in [0.2, 0.25) is 0 Å². The molecule has 2 aliphatic rings. The zero-order valence-electron chi connectivity index (χ0n) is 29.9. The lowest BCUT2D eigenvalue weighted by atomic mass is 9.61. The standard InChI is InChI=1S/C42H66O4/c1-7-19-34(8-2)20-14-15-21-36(44)27-30-42(39(45)24-13-11-9-10-12-18-31-43)28-25-35(26-29-42)40(46)38-23-17-16-22-37(38)33(3)32-41(4,5)6/h7,12,14,18-20,35,37-38,43H,1,3,8-11,13,15-17,21-32H2,2,4-6H3/b18-12-,20-14-,34-19-. The molecule has 0 aromatic heterocycles. The predicted octanol–water partition coefficient (Wildman–Crippen LogP) is 10.8. The minimum Gasteiger partial charge on any atom is -0.392 e. The molecule has 0 radical (unpaired) electrons. The van der Waals surface area contributed by atoms with Crippen molar-refractivity contribution in [2.75, 3.05) is 6.61 Å². The van der Waals surface area contributed by atoms with Crippen LogP contribution in [0.5, 0.6) is 0 Å². The monoisotopic (exact) mass is 634 g/mol. The van der Waals surface area contributed by atoms with Gasteiger partial charge in [-0.25, -0.2) is 0 Å². The fourth-order valence-corrected chi connectivity index (χ4v) is 7.81. The van der Waals surface area contributed by atoms with Gasteiger partial charge in [-0.15, -0.1) is 0 Å². The second-order valence-corrected chi connectivity index (χ2v) is 15.3. The molecule has 0 amide bonds. The van der Waals surface area contributed by atoms with Crippen LogP contribution in [0.3, 0.4) is 0 Å². The van der Waals surface area contributed by atoms with Gasteiger partial charge >= 0.3 is 0 Å². The molecule has 2 unspecified atom stereocenters. The van der Waals surface area contributed by atoms with E-state index in [0.29, 0.717) is 43.7 Å². The van der Waals surface area contributed by atoms with Crippen LogP contribution in [-0.4, -0.2) is 29.1 Å². The summed E-state index contributed by atoms with van der Waals surface area (Å²) in [5, 5.41) is 8.93. The number of carbonyl (C=O) groups excluding carboxylic acids is 3. The molecule has 0 aromatic rings. The zero-order chi connectivity index (χ0) is 34.0. The number of hydrogen-bond acceptors (Lipinski definition) is 4. The van der Waals surface area contributed by atoms with Crippen LogP contribution in [-0.2, 0) is 14.4 Å². The third kappa shape index (κ3) is 13.8. The molecule has 0 heterocycles. The SMILES string of the molecule is C=C/C=C(\C=C/CCC(=O)CCC1(C(=O)CCCCC/C=C\CO)CCC(C(=O)C2CCCCC2C(=C)CC(C)(C)C)CC1)CC. The number of aliphatic hydroxyl groups excluding tert-OH is 1. The molecule has 2 fully saturated rings. The highest BCUT2D eigenvalue weighted by atomic mass is 16.2. The highest BCUT2D eigenvalue weighted by Crippen LogP contribution is 2.47. The number of aliphatic hydroxyl groups is 1. The molecule has 0 aliphatic heterocycles. The Labute approximate surface area is 282 Å². The van der Waals surface area contributed by atoms with Gasteiger partial charge in [-0.05, 0) is 100 Å². The summed E-state index contributed by atoms with van der Waals surface area (Å²) in [6.07, 6.45) is 27.4. The average Bonchev–Trinajstić information content (AvgIpc) is 3.03. The van der Waals surface area contributed by atoms with Crippen molar-refractivity contribution < 1.29 is 19.5 Å². The highest BCUT2D eigenvalue weighted by Gasteiger charge is 2.44. The van der Waals surface area contributed by atoms with Crippen LogP contribution in [0.4, 0.5) is 0 Å². The molecule has 4 nitrogen and oxygen atoms in total. The van der Waals surface area contributed by atoms with E-state index in [0.717, 1.165) is 83.5 Å². The van der Waals surface area contributed by atoms with E-state index >= 15 is 0 Å². The van der Waals surface area contributed by atoms with Gasteiger partial charge in [-0.1, -0.05) is 102 Å². The van der Waals surface area contributed by atoms with E-state index in [1.54, 1.807) is 12.2 Å². The molecule has 0 bridgehead atoms. The fraction of sp³-hybridized carbons (Fsp3) is 0.690. The number of Topliss-reactive ketones (excluding diaryl/α,β-unsaturated/α-hetero) is 3. The van der Waals surface area contributed by atoms with Gasteiger partial charge in [0.25, 0.3) is 0 Å². The van der Waals surface area contributed by atoms with Crippen LogP contribution in [0.15, 0.2) is 60.8 Å². The summed E-state index contributed by atoms with van der Waals surface area (Å²) in [7, 11) is 0. The smallest absolute Gasteiger partial charge is 0.139 e. The molecule has 258 valence electrons. The second-order valence-electron chi connectivity index (χ2n) is 15.3. The molecular weight excluding hydrogens is 568 g/mol. The minimum atomic E-state index is -0.483. The van der Waals surface area contributed by atoms with E-state index in [9.17, 15) is 14.4 Å². The van der Waals surface area contributed by atoms with Crippen LogP contribution in [0.25, 0.3) is 0 Å². The summed E-state index contributed by atoms with van der Waals surface area (Å²) >= 11 is 0. The van der Waals surface area contributed by atoms with Gasteiger partial charge in [-0.3, -0.25) is 14.4 Å². The Morgan fingerprint density at radius 2 is 1.57 bits per heavy atom. The molecule has 2 rings (SSSR count). The van der Waals surface area contributed by atoms with Crippen molar-refractivity contribution in [2.45, 2.75) is 150 Å². The molecule has 4 heteroatoms. The number of unbranched alkanes of at least 4 members (excludes halogenated alkanes) is 3. The average molecular weight is 635 g/mol. The van der Waals surface area contributed by atoms with Crippen molar-refractivity contribution in [3.05, 3.63) is 60.8 Å². The lowest BCUT2D eigenvalue weighted by Gasteiger charge is -2.41. The maximum absolute atomic E-state index is 14.0. The quantitative estimate of drug-likeness (QED) is 0.0774. The molecule has 0 spiro atoms. The second kappa shape index (κ2) is 20.8. The molecule has 0 saturated heterocycles. The summed E-state index contributed by atoms with van der Waals surface area (Å²) < 4.78 is 0. The van der Waals surface area contributed by atoms with Crippen LogP contribution in [0.2, 0.25) is 0 Å². The number of carbonyl (C=O) groups is 3. The topological polar surface area (TPSA) is 71.4 Å². The number of hydrogen-bond donors (Lipinski definition) is 1. The van der Waals surface area contributed by atoms with Crippen LogP contribution in [0.1, 0.15) is 150 Å². The molecule has 46 heavy (non-hydrogen) atoms. The van der Waals surface area contributed by atoms with Crippen molar-refractivity contribution in [3.8, 4) is 0 Å². The zero-order valence-corrected chi connectivity index (χ0v) is 29.9. The number of allylic oxidation sites excluding steroid dienone is 7. The van der Waals surface area contributed by atoms with Gasteiger partial charge in [0.05, 0.1) is 6.61 Å². The number of ketones is 3. The Hall–Kier alpha value is -2.33. The van der Waals surface area contributed by atoms with Crippen molar-refractivity contribution in [1.82, 2.24) is 0 Å². The van der Waals surface area contributed by atoms with Gasteiger partial charge in [-0.2, -0.15) is 0 Å². The maximum Gasteiger partial charge on any atom is 0.139 e. The molecule has 2 atom stereocenters. The third-order valence-corrected chi connectivity index (χ3v) is 10.4. The summed E-state index contributed by atoms with van der Waals surface area (Å²) in [4.78, 5) is 40.9. The van der Waals surface area contributed by atoms with Crippen LogP contribution < -0.4 is 0 Å². The number of rotatable bonds is 21. The van der Waals surface area contributed by atoms with Crippen molar-refractivity contribution in [3.63, 3.8) is 0 Å². The van der Waals surface area contributed by atoms with E-state index in [-0.39, 0.29) is 35.6 Å². The molecule has 2 saturated carbocycles. The first-order valence-corrected chi connectivity index (χ1v) is 18.5. The van der Waals surface area contributed by atoms with E-state index in [4.69, 9.17) is 5.11 Å². The van der Waals surface area contributed by atoms with Gasteiger partial charge in [0, 0.05) is 36.5 Å². The van der Waals surface area contributed by atoms with E-state index < -0.39 is 5.41 Å². The summed E-state index contributed by atoms with van der Waals surface area (Å²) in [6.45, 7) is 17.2. The Morgan fingerprint density at radius 1 is 0.870 bits per heavy atom. The lowest BCUT2D eigenvalue weighted by Crippen LogP contribution is -2.40. The van der Waals surface area contributed by atoms with E-state index in [1.165, 1.54) is 17.6 Å². The summed E-state index contributed by atoms with van der Waals surface area (Å²) in [6, 6.07) is 0. The summed E-state index contributed by atoms with van der Waals surface area (Å²) in [5.41, 5.74) is 2.12. The molecular formula is C42H66O4. The first kappa shape index (κ1) is 39.8. The van der Waals surface area contributed by atoms with Gasteiger partial charge in [0.15, 0.2) is 0 Å². The van der Waals surface area contributed by atoms with E-state index in [2.05, 4.69) is 53.0 Å². The normalized spacial score (nSPS) is 24.4. The largest absolute Gasteiger partial charge is 0.392 e. The van der Waals surface area contributed by atoms with Crippen molar-refractivity contribution in [1.29, 1.82) is 0 Å². The maximum atomic E-state index is 14.0. The third-order valence-electron chi connectivity index (χ3n) is 10.4. The minimum absolute atomic E-state index is 0.0181. The van der Waals surface area contributed by atoms with Gasteiger partial charge in [0.1, 0.15) is 17.3 Å². The summed E-state index contributed by atoms with van der Waals surface area (Å²) in [5.74, 6) is 1.31. The first-order valence-electron chi connectivity index (χ1n) is 18.5. The highest BCUT2D eigenvalue weighted by molar-refractivity contribution is 5.88. The Morgan fingerprint density at radius 3 is 2.20 bits per heavy atom. The van der Waals surface area contributed by atoms with Crippen molar-refractivity contribution in [2.24, 2.45) is 28.6 Å². The first-order chi connectivity index (χ1) is 22.0. The fourth-order valence-electron chi connectivity index (χ4n) is 7.81. The van der Waals surface area contributed by atoms with Crippen molar-refractivity contribution >= 4 is 17.3 Å². The Bertz CT molecular complexity index is 1070. The van der Waals surface area contributed by atoms with Gasteiger partial charge < -0.3 is 5.11 Å². The molecule has 1 N–H and O–H groups in total. The Balaban J connectivity index is 2.05. The van der Waals surface area contributed by atoms with Crippen LogP contribution >= 0.6 is 0 Å².